The van der Waals surface area contributed by atoms with E-state index in [4.69, 9.17) is 5.73 Å². The maximum Gasteiger partial charge on any atom is 0.254 e. The predicted octanol–water partition coefficient (Wildman–Crippen LogP) is 3.52. The number of benzene rings is 2. The summed E-state index contributed by atoms with van der Waals surface area (Å²) in [6.45, 7) is 6.15. The van der Waals surface area contributed by atoms with Crippen LogP contribution in [-0.4, -0.2) is 66.6 Å². The number of hydrogen-bond donors (Lipinski definition) is 2. The van der Waals surface area contributed by atoms with Gasteiger partial charge in [-0.15, -0.1) is 0 Å². The van der Waals surface area contributed by atoms with Crippen LogP contribution >= 0.6 is 0 Å². The van der Waals surface area contributed by atoms with Crippen LogP contribution in [0.3, 0.4) is 0 Å². The average molecular weight is 502 g/mol. The van der Waals surface area contributed by atoms with Crippen molar-refractivity contribution in [1.82, 2.24) is 15.1 Å². The number of nitrogens with one attached hydrogen (secondary N) is 1. The number of aliphatic imine (C=N–C) groups is 1. The van der Waals surface area contributed by atoms with Gasteiger partial charge in [0.1, 0.15) is 5.84 Å². The summed E-state index contributed by atoms with van der Waals surface area (Å²) in [7, 11) is 1.57. The number of rotatable bonds is 8. The Morgan fingerprint density at radius 3 is 2.49 bits per heavy atom. The Morgan fingerprint density at radius 1 is 1.08 bits per heavy atom. The fourth-order valence-electron chi connectivity index (χ4n) is 4.88. The van der Waals surface area contributed by atoms with E-state index in [9.17, 15) is 14.4 Å². The topological polar surface area (TPSA) is 108 Å². The lowest BCUT2D eigenvalue weighted by molar-refractivity contribution is -0.127. The molecule has 0 aromatic heterocycles. The molecular formula is C29H35N5O3. The first-order valence-corrected chi connectivity index (χ1v) is 12.9. The summed E-state index contributed by atoms with van der Waals surface area (Å²) < 4.78 is 0. The monoisotopic (exact) mass is 501 g/mol. The molecule has 2 heterocycles. The molecule has 8 nitrogen and oxygen atoms in total. The lowest BCUT2D eigenvalue weighted by Gasteiger charge is -2.28. The summed E-state index contributed by atoms with van der Waals surface area (Å²) in [5.74, 6) is 0.123. The molecule has 2 aliphatic rings. The molecule has 0 unspecified atom stereocenters. The molecule has 2 aliphatic heterocycles. The van der Waals surface area contributed by atoms with Gasteiger partial charge in [0.05, 0.1) is 12.2 Å². The minimum atomic E-state index is -0.180. The Balaban J connectivity index is 1.61. The normalized spacial score (nSPS) is 14.7. The SMILES string of the molecule is CCCN(CCC)C(=O)C1=Cc2ccc(-c3ccc4c(c3)CCN(CC(=O)NC)C4=O)cc2N=C(N)C1. The lowest BCUT2D eigenvalue weighted by Crippen LogP contribution is -2.43. The van der Waals surface area contributed by atoms with Gasteiger partial charge < -0.3 is 20.9 Å². The van der Waals surface area contributed by atoms with E-state index >= 15 is 0 Å². The van der Waals surface area contributed by atoms with Gasteiger partial charge in [0.25, 0.3) is 5.91 Å². The molecule has 37 heavy (non-hydrogen) atoms. The number of amides is 3. The molecule has 0 atom stereocenters. The van der Waals surface area contributed by atoms with Gasteiger partial charge in [-0.1, -0.05) is 38.1 Å². The molecule has 8 heteroatoms. The van der Waals surface area contributed by atoms with Crippen LogP contribution < -0.4 is 11.1 Å². The van der Waals surface area contributed by atoms with Gasteiger partial charge in [-0.05, 0) is 54.2 Å². The molecule has 0 aliphatic carbocycles. The van der Waals surface area contributed by atoms with Crippen molar-refractivity contribution in [1.29, 1.82) is 0 Å². The van der Waals surface area contributed by atoms with Crippen LogP contribution in [0.25, 0.3) is 17.2 Å². The standard InChI is InChI=1S/C29H35N5O3/c1-4-11-33(12-5-2)28(36)23-15-22-7-6-20(16-25(22)32-26(30)17-23)19-8-9-24-21(14-19)10-13-34(29(24)37)18-27(35)31-3/h6-9,14-16H,4-5,10-13,17-18H2,1-3H3,(H2,30,32)(H,31,35). The van der Waals surface area contributed by atoms with Crippen LogP contribution in [0.1, 0.15) is 54.6 Å². The number of carbonyl (C=O) groups is 3. The summed E-state index contributed by atoms with van der Waals surface area (Å²) in [4.78, 5) is 45.9. The van der Waals surface area contributed by atoms with Gasteiger partial charge in [0, 0.05) is 49.8 Å². The zero-order valence-corrected chi connectivity index (χ0v) is 21.8. The molecule has 0 saturated carbocycles. The number of likely N-dealkylation sites (N-methyl/N-ethyl adjacent to an activating group) is 1. The number of nitrogens with two attached hydrogens (primary N) is 1. The highest BCUT2D eigenvalue weighted by molar-refractivity contribution is 6.05. The van der Waals surface area contributed by atoms with Gasteiger partial charge in [-0.25, -0.2) is 4.99 Å². The van der Waals surface area contributed by atoms with Crippen molar-refractivity contribution in [2.24, 2.45) is 10.7 Å². The van der Waals surface area contributed by atoms with Crippen molar-refractivity contribution in [3.05, 3.63) is 58.7 Å². The van der Waals surface area contributed by atoms with Crippen molar-refractivity contribution in [2.75, 3.05) is 33.2 Å². The smallest absolute Gasteiger partial charge is 0.254 e. The Hall–Kier alpha value is -3.94. The molecule has 0 radical (unpaired) electrons. The van der Waals surface area contributed by atoms with Crippen molar-refractivity contribution in [3.8, 4) is 11.1 Å². The largest absolute Gasteiger partial charge is 0.387 e. The van der Waals surface area contributed by atoms with Crippen LogP contribution in [0.15, 0.2) is 47.0 Å². The third kappa shape index (κ3) is 5.74. The van der Waals surface area contributed by atoms with Crippen LogP contribution in [0.2, 0.25) is 0 Å². The quantitative estimate of drug-likeness (QED) is 0.577. The molecule has 0 fully saturated rings. The fourth-order valence-corrected chi connectivity index (χ4v) is 4.88. The van der Waals surface area contributed by atoms with Gasteiger partial charge >= 0.3 is 0 Å². The van der Waals surface area contributed by atoms with Gasteiger partial charge in [-0.2, -0.15) is 0 Å². The highest BCUT2D eigenvalue weighted by atomic mass is 16.2. The molecule has 4 rings (SSSR count). The number of hydrogen-bond acceptors (Lipinski definition) is 5. The van der Waals surface area contributed by atoms with Crippen molar-refractivity contribution in [3.63, 3.8) is 0 Å². The summed E-state index contributed by atoms with van der Waals surface area (Å²) in [6, 6.07) is 11.7. The van der Waals surface area contributed by atoms with E-state index < -0.39 is 0 Å². The first kappa shape index (κ1) is 26.1. The summed E-state index contributed by atoms with van der Waals surface area (Å²) >= 11 is 0. The van der Waals surface area contributed by atoms with Crippen molar-refractivity contribution < 1.29 is 14.4 Å². The molecule has 194 valence electrons. The Bertz CT molecular complexity index is 1270. The first-order chi connectivity index (χ1) is 17.8. The van der Waals surface area contributed by atoms with E-state index in [1.807, 2.05) is 47.4 Å². The van der Waals surface area contributed by atoms with E-state index in [-0.39, 0.29) is 24.3 Å². The summed E-state index contributed by atoms with van der Waals surface area (Å²) in [5, 5.41) is 2.57. The second kappa shape index (κ2) is 11.4. The van der Waals surface area contributed by atoms with Crippen LogP contribution in [0.5, 0.6) is 0 Å². The van der Waals surface area contributed by atoms with Gasteiger partial charge in [0.15, 0.2) is 0 Å². The van der Waals surface area contributed by atoms with Gasteiger partial charge in [0.2, 0.25) is 11.8 Å². The van der Waals surface area contributed by atoms with E-state index in [2.05, 4.69) is 24.2 Å². The second-order valence-electron chi connectivity index (χ2n) is 9.54. The fraction of sp³-hybridized carbons (Fsp3) is 0.379. The van der Waals surface area contributed by atoms with E-state index in [1.54, 1.807) is 11.9 Å². The zero-order chi connectivity index (χ0) is 26.5. The average Bonchev–Trinajstić information content (AvgIpc) is 3.06. The molecular weight excluding hydrogens is 466 g/mol. The summed E-state index contributed by atoms with van der Waals surface area (Å²) in [6.07, 6.45) is 4.72. The predicted molar refractivity (Wildman–Crippen MR) is 147 cm³/mol. The van der Waals surface area contributed by atoms with Gasteiger partial charge in [-0.3, -0.25) is 14.4 Å². The third-order valence-corrected chi connectivity index (χ3v) is 6.77. The minimum absolute atomic E-state index is 0.0172. The Labute approximate surface area is 218 Å². The number of amidine groups is 1. The first-order valence-electron chi connectivity index (χ1n) is 12.9. The third-order valence-electron chi connectivity index (χ3n) is 6.77. The molecule has 3 N–H and O–H groups in total. The molecule has 3 amide bonds. The Morgan fingerprint density at radius 2 is 1.78 bits per heavy atom. The van der Waals surface area contributed by atoms with Crippen molar-refractivity contribution >= 4 is 35.3 Å². The molecule has 2 aromatic rings. The highest BCUT2D eigenvalue weighted by Gasteiger charge is 2.26. The van der Waals surface area contributed by atoms with E-state index in [1.165, 1.54) is 0 Å². The maximum atomic E-state index is 13.2. The summed E-state index contributed by atoms with van der Waals surface area (Å²) in [5.41, 5.74) is 12.0. The number of fused-ring (bicyclic) bond motifs is 2. The molecule has 0 saturated heterocycles. The van der Waals surface area contributed by atoms with Crippen molar-refractivity contribution in [2.45, 2.75) is 39.5 Å². The van der Waals surface area contributed by atoms with E-state index in [0.29, 0.717) is 36.4 Å². The van der Waals surface area contributed by atoms with E-state index in [0.717, 1.165) is 53.9 Å². The molecule has 0 spiro atoms. The number of carbonyl (C=O) groups excluding carboxylic acids is 3. The molecule has 2 aromatic carbocycles. The van der Waals surface area contributed by atoms with Crippen LogP contribution in [-0.2, 0) is 16.0 Å². The molecule has 0 bridgehead atoms. The van der Waals surface area contributed by atoms with Crippen LogP contribution in [0, 0.1) is 0 Å². The minimum Gasteiger partial charge on any atom is -0.387 e. The Kier molecular flexibility index (Phi) is 8.06. The lowest BCUT2D eigenvalue weighted by atomic mass is 9.93. The van der Waals surface area contributed by atoms with Crippen LogP contribution in [0.4, 0.5) is 5.69 Å². The second-order valence-corrected chi connectivity index (χ2v) is 9.54. The highest BCUT2D eigenvalue weighted by Crippen LogP contribution is 2.33. The number of nitrogens with zero attached hydrogens (tertiary/aromatic N) is 3. The maximum absolute atomic E-state index is 13.2. The zero-order valence-electron chi connectivity index (χ0n) is 21.8.